The van der Waals surface area contributed by atoms with Crippen LogP contribution in [0.25, 0.3) is 11.3 Å². The van der Waals surface area contributed by atoms with Crippen LogP contribution in [0.5, 0.6) is 5.75 Å². The largest absolute Gasteiger partial charge is 0.497 e. The number of rotatable bonds is 4. The van der Waals surface area contributed by atoms with Crippen LogP contribution in [0.1, 0.15) is 11.3 Å². The lowest BCUT2D eigenvalue weighted by Crippen LogP contribution is -2.23. The maximum absolute atomic E-state index is 12.2. The number of nitrogens with zero attached hydrogens (tertiary/aromatic N) is 1. The van der Waals surface area contributed by atoms with E-state index in [0.29, 0.717) is 11.6 Å². The highest BCUT2D eigenvalue weighted by atomic mass is 32.2. The molecule has 1 amide bonds. The van der Waals surface area contributed by atoms with Crippen LogP contribution in [-0.4, -0.2) is 37.9 Å². The average Bonchev–Trinajstić information content (AvgIpc) is 3.09. The highest BCUT2D eigenvalue weighted by molar-refractivity contribution is 7.91. The van der Waals surface area contributed by atoms with E-state index in [2.05, 4.69) is 10.3 Å². The summed E-state index contributed by atoms with van der Waals surface area (Å²) in [5, 5.41) is 3.25. The Morgan fingerprint density at radius 2 is 2.04 bits per heavy atom. The third-order valence-electron chi connectivity index (χ3n) is 3.99. The van der Waals surface area contributed by atoms with E-state index < -0.39 is 15.8 Å². The van der Waals surface area contributed by atoms with Crippen molar-refractivity contribution in [2.45, 2.75) is 13.3 Å². The van der Waals surface area contributed by atoms with Gasteiger partial charge in [0.2, 0.25) is 5.91 Å². The molecule has 1 fully saturated rings. The van der Waals surface area contributed by atoms with Crippen molar-refractivity contribution in [3.05, 3.63) is 29.1 Å². The topological polar surface area (TPSA) is 85.4 Å². The molecule has 0 unspecified atom stereocenters. The van der Waals surface area contributed by atoms with Gasteiger partial charge in [-0.2, -0.15) is 0 Å². The van der Waals surface area contributed by atoms with Crippen LogP contribution in [0.3, 0.4) is 0 Å². The van der Waals surface area contributed by atoms with Crippen LogP contribution in [0.4, 0.5) is 5.13 Å². The molecule has 128 valence electrons. The number of aromatic nitrogens is 1. The van der Waals surface area contributed by atoms with Gasteiger partial charge in [-0.05, 0) is 37.6 Å². The van der Waals surface area contributed by atoms with Gasteiger partial charge in [-0.25, -0.2) is 13.4 Å². The molecule has 24 heavy (non-hydrogen) atoms. The fourth-order valence-corrected chi connectivity index (χ4v) is 5.26. The molecule has 1 N–H and O–H groups in total. The SMILES string of the molecule is COc1ccc(-c2nc(NC(=O)[C@@H]3CCS(=O)(=O)C3)sc2C)cc1. The van der Waals surface area contributed by atoms with E-state index in [1.54, 1.807) is 7.11 Å². The van der Waals surface area contributed by atoms with Gasteiger partial charge in [-0.15, -0.1) is 11.3 Å². The van der Waals surface area contributed by atoms with Crippen molar-refractivity contribution in [3.63, 3.8) is 0 Å². The zero-order valence-electron chi connectivity index (χ0n) is 13.4. The molecule has 1 aliphatic rings. The number of carbonyl (C=O) groups is 1. The first-order chi connectivity index (χ1) is 11.4. The first kappa shape index (κ1) is 16.9. The molecule has 1 saturated heterocycles. The second-order valence-corrected chi connectivity index (χ2v) is 9.17. The Kier molecular flexibility index (Phi) is 4.60. The van der Waals surface area contributed by atoms with Gasteiger partial charge in [-0.1, -0.05) is 0 Å². The summed E-state index contributed by atoms with van der Waals surface area (Å²) in [5.41, 5.74) is 1.74. The minimum absolute atomic E-state index is 0.0749. The van der Waals surface area contributed by atoms with Crippen molar-refractivity contribution in [3.8, 4) is 17.0 Å². The summed E-state index contributed by atoms with van der Waals surface area (Å²) in [6.07, 6.45) is 0.379. The molecule has 1 aliphatic heterocycles. The molecule has 0 aliphatic carbocycles. The van der Waals surface area contributed by atoms with Crippen molar-refractivity contribution in [1.29, 1.82) is 0 Å². The third-order valence-corrected chi connectivity index (χ3v) is 6.65. The molecule has 8 heteroatoms. The molecular weight excluding hydrogens is 348 g/mol. The van der Waals surface area contributed by atoms with Crippen LogP contribution in [-0.2, 0) is 14.6 Å². The zero-order valence-corrected chi connectivity index (χ0v) is 15.0. The molecule has 1 aromatic carbocycles. The maximum Gasteiger partial charge on any atom is 0.230 e. The summed E-state index contributed by atoms with van der Waals surface area (Å²) in [6, 6.07) is 7.54. The van der Waals surface area contributed by atoms with Crippen molar-refractivity contribution in [2.75, 3.05) is 23.9 Å². The first-order valence-corrected chi connectivity index (χ1v) is 10.1. The van der Waals surface area contributed by atoms with Crippen molar-refractivity contribution < 1.29 is 17.9 Å². The van der Waals surface area contributed by atoms with Crippen LogP contribution in [0.2, 0.25) is 0 Å². The van der Waals surface area contributed by atoms with Crippen LogP contribution < -0.4 is 10.1 Å². The molecule has 0 spiro atoms. The highest BCUT2D eigenvalue weighted by Gasteiger charge is 2.33. The van der Waals surface area contributed by atoms with Gasteiger partial charge in [0.1, 0.15) is 5.75 Å². The van der Waals surface area contributed by atoms with Crippen molar-refractivity contribution in [2.24, 2.45) is 5.92 Å². The summed E-state index contributed by atoms with van der Waals surface area (Å²) in [5.74, 6) is 0.0190. The van der Waals surface area contributed by atoms with Crippen molar-refractivity contribution >= 4 is 32.2 Å². The van der Waals surface area contributed by atoms with Crippen LogP contribution in [0, 0.1) is 12.8 Å². The van der Waals surface area contributed by atoms with Gasteiger partial charge in [-0.3, -0.25) is 4.79 Å². The number of amides is 1. The Morgan fingerprint density at radius 1 is 1.33 bits per heavy atom. The second-order valence-electron chi connectivity index (χ2n) is 5.74. The normalized spacial score (nSPS) is 19.2. The van der Waals surface area contributed by atoms with E-state index in [4.69, 9.17) is 4.74 Å². The molecule has 0 saturated carbocycles. The lowest BCUT2D eigenvalue weighted by atomic mass is 10.1. The molecule has 2 aromatic rings. The average molecular weight is 366 g/mol. The lowest BCUT2D eigenvalue weighted by Gasteiger charge is -2.06. The Bertz CT molecular complexity index is 857. The molecule has 2 heterocycles. The second kappa shape index (κ2) is 6.52. The standard InChI is InChI=1S/C16H18N2O4S2/c1-10-14(11-3-5-13(22-2)6-4-11)17-16(23-10)18-15(19)12-7-8-24(20,21)9-12/h3-6,12H,7-9H2,1-2H3,(H,17,18,19)/t12-/m1/s1. The van der Waals surface area contributed by atoms with Crippen LogP contribution in [0.15, 0.2) is 24.3 Å². The van der Waals surface area contributed by atoms with Crippen molar-refractivity contribution in [1.82, 2.24) is 4.98 Å². The minimum Gasteiger partial charge on any atom is -0.497 e. The molecular formula is C16H18N2O4S2. The first-order valence-electron chi connectivity index (χ1n) is 7.51. The molecule has 1 atom stereocenters. The highest BCUT2D eigenvalue weighted by Crippen LogP contribution is 2.32. The summed E-state index contributed by atoms with van der Waals surface area (Å²) in [7, 11) is -1.46. The molecule has 0 radical (unpaired) electrons. The fraction of sp³-hybridized carbons (Fsp3) is 0.375. The smallest absolute Gasteiger partial charge is 0.230 e. The quantitative estimate of drug-likeness (QED) is 0.899. The number of hydrogen-bond donors (Lipinski definition) is 1. The number of hydrogen-bond acceptors (Lipinski definition) is 6. The minimum atomic E-state index is -3.08. The predicted octanol–water partition coefficient (Wildman–Crippen LogP) is 2.50. The number of benzene rings is 1. The van der Waals surface area contributed by atoms with E-state index in [9.17, 15) is 13.2 Å². The Morgan fingerprint density at radius 3 is 2.62 bits per heavy atom. The van der Waals surface area contributed by atoms with Gasteiger partial charge in [0.15, 0.2) is 15.0 Å². The van der Waals surface area contributed by atoms with Crippen LogP contribution >= 0.6 is 11.3 Å². The van der Waals surface area contributed by atoms with E-state index in [0.717, 1.165) is 21.9 Å². The molecule has 3 rings (SSSR count). The summed E-state index contributed by atoms with van der Waals surface area (Å²) < 4.78 is 28.1. The number of carbonyl (C=O) groups excluding carboxylic acids is 1. The Hall–Kier alpha value is -1.93. The van der Waals surface area contributed by atoms with Gasteiger partial charge >= 0.3 is 0 Å². The zero-order chi connectivity index (χ0) is 17.3. The summed E-state index contributed by atoms with van der Waals surface area (Å²) >= 11 is 1.38. The molecule has 0 bridgehead atoms. The molecule has 1 aromatic heterocycles. The number of thiazole rings is 1. The fourth-order valence-electron chi connectivity index (χ4n) is 2.68. The lowest BCUT2D eigenvalue weighted by molar-refractivity contribution is -0.119. The van der Waals surface area contributed by atoms with E-state index in [-0.39, 0.29) is 17.4 Å². The van der Waals surface area contributed by atoms with Gasteiger partial charge in [0.05, 0.1) is 30.2 Å². The van der Waals surface area contributed by atoms with E-state index in [1.807, 2.05) is 31.2 Å². The Balaban J connectivity index is 1.75. The van der Waals surface area contributed by atoms with Gasteiger partial charge in [0, 0.05) is 10.4 Å². The summed E-state index contributed by atoms with van der Waals surface area (Å²) in [4.78, 5) is 17.7. The monoisotopic (exact) mass is 366 g/mol. The predicted molar refractivity (Wildman–Crippen MR) is 94.2 cm³/mol. The summed E-state index contributed by atoms with van der Waals surface area (Å²) in [6.45, 7) is 1.94. The van der Waals surface area contributed by atoms with E-state index >= 15 is 0 Å². The number of nitrogens with one attached hydrogen (secondary N) is 1. The Labute approximate surface area is 144 Å². The number of anilines is 1. The van der Waals surface area contributed by atoms with Gasteiger partial charge < -0.3 is 10.1 Å². The maximum atomic E-state index is 12.2. The number of aryl methyl sites for hydroxylation is 1. The van der Waals surface area contributed by atoms with Gasteiger partial charge in [0.25, 0.3) is 0 Å². The number of methoxy groups -OCH3 is 1. The number of sulfone groups is 1. The third kappa shape index (κ3) is 3.59. The van der Waals surface area contributed by atoms with E-state index in [1.165, 1.54) is 11.3 Å². The number of ether oxygens (including phenoxy) is 1. The molecule has 6 nitrogen and oxygen atoms in total.